The smallest absolute Gasteiger partial charge is 0.238 e. The Kier molecular flexibility index (Phi) is 9.68. The Morgan fingerprint density at radius 3 is 2.41 bits per heavy atom. The summed E-state index contributed by atoms with van der Waals surface area (Å²) in [5, 5.41) is 22.7. The van der Waals surface area contributed by atoms with Gasteiger partial charge >= 0.3 is 0 Å². The summed E-state index contributed by atoms with van der Waals surface area (Å²) in [6.45, 7) is 8.72. The number of aromatic nitrogens is 4. The Morgan fingerprint density at radius 2 is 1.76 bits per heavy atom. The lowest BCUT2D eigenvalue weighted by Crippen LogP contribution is -2.52. The van der Waals surface area contributed by atoms with Crippen molar-refractivity contribution in [3.8, 4) is 11.4 Å². The molecular weight excluding hydrogens is 707 g/mol. The molecule has 3 aliphatic heterocycles. The predicted molar refractivity (Wildman–Crippen MR) is 200 cm³/mol. The highest BCUT2D eigenvalue weighted by molar-refractivity contribution is 7.88. The molecule has 1 amide bonds. The van der Waals surface area contributed by atoms with Gasteiger partial charge in [-0.3, -0.25) is 4.79 Å². The lowest BCUT2D eigenvalue weighted by molar-refractivity contribution is -0.124. The third-order valence-corrected chi connectivity index (χ3v) is 12.6. The molecule has 0 bridgehead atoms. The summed E-state index contributed by atoms with van der Waals surface area (Å²) in [5.41, 5.74) is 4.45. The number of hydrogen-bond acceptors (Lipinski definition) is 8. The van der Waals surface area contributed by atoms with Crippen LogP contribution in [0, 0.1) is 5.41 Å². The van der Waals surface area contributed by atoms with E-state index in [1.807, 2.05) is 42.5 Å². The molecule has 4 atom stereocenters. The number of nitrogens with one attached hydrogen (secondary N) is 3. The summed E-state index contributed by atoms with van der Waals surface area (Å²) in [6.07, 6.45) is 3.13. The van der Waals surface area contributed by atoms with E-state index in [0.717, 1.165) is 34.4 Å². The van der Waals surface area contributed by atoms with Crippen molar-refractivity contribution < 1.29 is 13.2 Å². The van der Waals surface area contributed by atoms with Crippen molar-refractivity contribution in [1.82, 2.24) is 35.6 Å². The maximum Gasteiger partial charge on any atom is 0.238 e. The fourth-order valence-corrected chi connectivity index (χ4v) is 9.78. The zero-order valence-electron chi connectivity index (χ0n) is 29.2. The number of H-pyrrole nitrogens is 1. The lowest BCUT2D eigenvalue weighted by atomic mass is 9.63. The molecule has 2 fully saturated rings. The van der Waals surface area contributed by atoms with Crippen LogP contribution in [0.5, 0.6) is 0 Å². The van der Waals surface area contributed by atoms with Crippen molar-refractivity contribution in [2.24, 2.45) is 5.41 Å². The number of amides is 1. The van der Waals surface area contributed by atoms with Gasteiger partial charge in [0.2, 0.25) is 15.9 Å². The zero-order valence-corrected chi connectivity index (χ0v) is 31.6. The van der Waals surface area contributed by atoms with Crippen molar-refractivity contribution in [3.05, 3.63) is 93.5 Å². The summed E-state index contributed by atoms with van der Waals surface area (Å²) < 4.78 is 25.8. The first-order chi connectivity index (χ1) is 24.2. The Morgan fingerprint density at radius 1 is 1.04 bits per heavy atom. The Labute approximate surface area is 309 Å². The number of aromatic amines is 1. The van der Waals surface area contributed by atoms with Crippen LogP contribution >= 0.6 is 23.2 Å². The minimum atomic E-state index is -3.29. The molecule has 1 spiro atoms. The van der Waals surface area contributed by atoms with Crippen LogP contribution in [-0.2, 0) is 26.8 Å². The first kappa shape index (κ1) is 35.8. The van der Waals surface area contributed by atoms with Crippen LogP contribution in [0.25, 0.3) is 11.4 Å². The number of hydrogen-bond donors (Lipinski definition) is 3. The van der Waals surface area contributed by atoms with E-state index in [1.165, 1.54) is 10.6 Å². The number of piperidine rings is 1. The van der Waals surface area contributed by atoms with Gasteiger partial charge < -0.3 is 15.5 Å². The topological polar surface area (TPSA) is 136 Å². The fraction of sp³-hybridized carbons (Fsp3) is 0.459. The van der Waals surface area contributed by atoms with Gasteiger partial charge in [-0.25, -0.2) is 17.8 Å². The molecule has 14 heteroatoms. The zero-order chi connectivity index (χ0) is 36.1. The highest BCUT2D eigenvalue weighted by Crippen LogP contribution is 2.58. The monoisotopic (exact) mass is 750 g/mol. The third-order valence-electron chi connectivity index (χ3n) is 10.7. The Balaban J connectivity index is 1.29. The molecule has 0 unspecified atom stereocenters. The molecule has 3 N–H and O–H groups in total. The van der Waals surface area contributed by atoms with Crippen LogP contribution in [0.1, 0.15) is 62.6 Å². The third kappa shape index (κ3) is 7.13. The molecule has 4 heterocycles. The maximum atomic E-state index is 14.6. The van der Waals surface area contributed by atoms with Gasteiger partial charge in [-0.1, -0.05) is 86.4 Å². The summed E-state index contributed by atoms with van der Waals surface area (Å²) in [4.78, 5) is 17.0. The second-order valence-corrected chi connectivity index (χ2v) is 18.2. The lowest BCUT2D eigenvalue weighted by Gasteiger charge is -2.40. The molecule has 1 aromatic heterocycles. The predicted octanol–water partition coefficient (Wildman–Crippen LogP) is 5.53. The van der Waals surface area contributed by atoms with Gasteiger partial charge in [-0.2, -0.15) is 0 Å². The number of sulfonamides is 1. The number of carbonyl (C=O) groups excluding carboxylic acids is 1. The number of anilines is 1. The van der Waals surface area contributed by atoms with Crippen LogP contribution in [0.2, 0.25) is 10.0 Å². The number of tetrazole rings is 1. The molecule has 51 heavy (non-hydrogen) atoms. The second kappa shape index (κ2) is 13.8. The summed E-state index contributed by atoms with van der Waals surface area (Å²) in [6, 6.07) is 21.3. The van der Waals surface area contributed by atoms with Crippen molar-refractivity contribution >= 4 is 44.8 Å². The quantitative estimate of drug-likeness (QED) is 0.214. The van der Waals surface area contributed by atoms with Crippen LogP contribution in [0.15, 0.2) is 66.7 Å². The number of halogens is 2. The van der Waals surface area contributed by atoms with Gasteiger partial charge in [0.05, 0.1) is 12.3 Å². The average Bonchev–Trinajstić information content (AvgIpc) is 3.79. The summed E-state index contributed by atoms with van der Waals surface area (Å²) in [7, 11) is -3.29. The largest absolute Gasteiger partial charge is 0.366 e. The van der Waals surface area contributed by atoms with Gasteiger partial charge in [0.1, 0.15) is 0 Å². The van der Waals surface area contributed by atoms with Crippen LogP contribution in [0.3, 0.4) is 0 Å². The van der Waals surface area contributed by atoms with Crippen molar-refractivity contribution in [2.75, 3.05) is 30.8 Å². The number of nitrogens with zero attached hydrogens (tertiary/aromatic N) is 5. The molecule has 2 saturated heterocycles. The second-order valence-electron chi connectivity index (χ2n) is 15.4. The normalized spacial score (nSPS) is 24.3. The van der Waals surface area contributed by atoms with Gasteiger partial charge in [0.15, 0.2) is 5.82 Å². The van der Waals surface area contributed by atoms with E-state index in [2.05, 4.69) is 81.2 Å². The van der Waals surface area contributed by atoms with E-state index < -0.39 is 21.5 Å². The Bertz CT molecular complexity index is 2000. The molecule has 3 aromatic carbocycles. The van der Waals surface area contributed by atoms with Crippen molar-refractivity contribution in [2.45, 2.75) is 76.0 Å². The molecular formula is C37H44Cl2N8O3S. The fourth-order valence-electron chi connectivity index (χ4n) is 8.48. The SMILES string of the molecule is CC(C)(C)C[C@@H]1N[C@@H](C(=O)NC2CCN(S(C)(=O)=O)CC2)[C@H](c2ccccc2Cl)[C@]12CN(Cc1ccc(-c3nnn[nH]3)cc1)c1ccc(Cl)cc12. The molecule has 3 aliphatic rings. The highest BCUT2D eigenvalue weighted by atomic mass is 35.5. The van der Waals surface area contributed by atoms with Crippen LogP contribution in [0.4, 0.5) is 5.69 Å². The molecule has 270 valence electrons. The maximum absolute atomic E-state index is 14.6. The average molecular weight is 752 g/mol. The Hall–Kier alpha value is -3.55. The van der Waals surface area contributed by atoms with Crippen LogP contribution < -0.4 is 15.5 Å². The van der Waals surface area contributed by atoms with Gasteiger partial charge in [-0.05, 0) is 76.1 Å². The van der Waals surface area contributed by atoms with Crippen molar-refractivity contribution in [3.63, 3.8) is 0 Å². The summed E-state index contributed by atoms with van der Waals surface area (Å²) >= 11 is 13.9. The number of carbonyl (C=O) groups is 1. The van der Waals surface area contributed by atoms with Crippen molar-refractivity contribution in [1.29, 1.82) is 0 Å². The number of benzene rings is 3. The van der Waals surface area contributed by atoms with Gasteiger partial charge in [0.25, 0.3) is 0 Å². The van der Waals surface area contributed by atoms with E-state index in [1.54, 1.807) is 0 Å². The molecule has 0 aliphatic carbocycles. The van der Waals surface area contributed by atoms with E-state index in [4.69, 9.17) is 23.2 Å². The number of fused-ring (bicyclic) bond motifs is 2. The van der Waals surface area contributed by atoms with E-state index in [-0.39, 0.29) is 29.3 Å². The first-order valence-corrected chi connectivity index (χ1v) is 20.0. The van der Waals surface area contributed by atoms with Gasteiger partial charge in [-0.15, -0.1) is 5.10 Å². The molecule has 0 saturated carbocycles. The van der Waals surface area contributed by atoms with E-state index >= 15 is 0 Å². The summed E-state index contributed by atoms with van der Waals surface area (Å²) in [5.74, 6) is 0.169. The molecule has 4 aromatic rings. The molecule has 7 rings (SSSR count). The van der Waals surface area contributed by atoms with Gasteiger partial charge in [0, 0.05) is 70.9 Å². The minimum absolute atomic E-state index is 0.0723. The van der Waals surface area contributed by atoms with E-state index in [9.17, 15) is 13.2 Å². The molecule has 11 nitrogen and oxygen atoms in total. The first-order valence-electron chi connectivity index (χ1n) is 17.4. The van der Waals surface area contributed by atoms with Crippen LogP contribution in [-0.4, -0.2) is 83.3 Å². The highest BCUT2D eigenvalue weighted by Gasteiger charge is 2.62. The standard InChI is InChI=1S/C37H44Cl2N8O3S/c1-36(2,3)20-31-37(22-46(30-14-13-25(38)19-28(30)37)21-23-9-11-24(12-10-23)34-42-44-45-43-34)32(27-7-5-6-8-29(27)39)33(41-31)35(48)40-26-15-17-47(18-16-26)51(4,49)50/h5-14,19,26,31-33,41H,15-18,20-22H2,1-4H3,(H,40,48)(H,42,43,44,45)/t31-,32-,33+,37-/m0/s1. The molecule has 0 radical (unpaired) electrons. The number of rotatable bonds is 8. The van der Waals surface area contributed by atoms with E-state index in [0.29, 0.717) is 54.9 Å². The minimum Gasteiger partial charge on any atom is -0.366 e.